The number of hydrogen-bond acceptors (Lipinski definition) is 7. The number of nitro groups is 1. The van der Waals surface area contributed by atoms with E-state index >= 15 is 0 Å². The molecule has 1 aromatic heterocycles. The molecule has 194 valence electrons. The van der Waals surface area contributed by atoms with E-state index in [4.69, 9.17) is 25.6 Å². The number of hydrogen-bond donors (Lipinski definition) is 0. The fourth-order valence-electron chi connectivity index (χ4n) is 3.52. The summed E-state index contributed by atoms with van der Waals surface area (Å²) >= 11 is 5.75. The van der Waals surface area contributed by atoms with Gasteiger partial charge < -0.3 is 14.0 Å². The molecule has 3 heterocycles. The van der Waals surface area contributed by atoms with Crippen molar-refractivity contribution >= 4 is 25.0 Å². The Morgan fingerprint density at radius 1 is 1.00 bits per heavy atom. The molecule has 0 atom stereocenters. The Morgan fingerprint density at radius 3 is 2.24 bits per heavy atom. The maximum Gasteiger partial charge on any atom is 0.346 e. The van der Waals surface area contributed by atoms with Crippen molar-refractivity contribution in [3.8, 4) is 17.2 Å². The van der Waals surface area contributed by atoms with Crippen LogP contribution in [0.3, 0.4) is 0 Å². The molecule has 0 bridgehead atoms. The van der Waals surface area contributed by atoms with Crippen LogP contribution < -0.4 is 9.47 Å². The maximum atomic E-state index is 14.7. The Labute approximate surface area is 215 Å². The molecule has 0 saturated carbocycles. The Bertz CT molecular complexity index is 1350. The van der Waals surface area contributed by atoms with Gasteiger partial charge in [0.15, 0.2) is 17.4 Å². The van der Waals surface area contributed by atoms with Crippen LogP contribution in [0.25, 0.3) is 0 Å². The quantitative estimate of drug-likeness (QED) is 0.0994. The van der Waals surface area contributed by atoms with Gasteiger partial charge in [0.1, 0.15) is 17.5 Å². The van der Waals surface area contributed by atoms with E-state index in [0.717, 1.165) is 12.1 Å². The molecule has 0 N–H and O–H groups in total. The monoisotopic (exact) mass is 552 g/mol. The average Bonchev–Trinajstić information content (AvgIpc) is 3.76. The molecule has 2 fully saturated rings. The van der Waals surface area contributed by atoms with E-state index in [0.29, 0.717) is 31.7 Å². The van der Waals surface area contributed by atoms with Crippen LogP contribution in [0.5, 0.6) is 17.2 Å². The van der Waals surface area contributed by atoms with Gasteiger partial charge in [0, 0.05) is 32.2 Å². The first-order chi connectivity index (χ1) is 17.7. The summed E-state index contributed by atoms with van der Waals surface area (Å²) < 4.78 is 62.3. The Kier molecular flexibility index (Phi) is 7.11. The molecule has 2 aliphatic rings. The lowest BCUT2D eigenvalue weighted by atomic mass is 10.2. The first-order valence-electron chi connectivity index (χ1n) is 11.2. The van der Waals surface area contributed by atoms with Crippen LogP contribution in [0, 0.1) is 21.7 Å². The summed E-state index contributed by atoms with van der Waals surface area (Å²) in [7, 11) is -3.13. The molecular weight excluding hydrogens is 533 g/mol. The van der Waals surface area contributed by atoms with Gasteiger partial charge in [0.05, 0.1) is 17.7 Å². The van der Waals surface area contributed by atoms with Crippen molar-refractivity contribution in [2.75, 3.05) is 26.2 Å². The number of aromatic nitrogens is 1. The Morgan fingerprint density at radius 2 is 1.68 bits per heavy atom. The summed E-state index contributed by atoms with van der Waals surface area (Å²) in [6, 6.07) is 9.00. The van der Waals surface area contributed by atoms with E-state index < -0.39 is 30.0 Å². The van der Waals surface area contributed by atoms with Gasteiger partial charge in [0.25, 0.3) is 0 Å². The Balaban J connectivity index is 1.27. The third-order valence-electron chi connectivity index (χ3n) is 5.55. The normalized spacial score (nSPS) is 15.4. The zero-order valence-electron chi connectivity index (χ0n) is 19.2. The van der Waals surface area contributed by atoms with Gasteiger partial charge in [-0.1, -0.05) is 11.6 Å². The number of ether oxygens (including phenoxy) is 2. The third-order valence-corrected chi connectivity index (χ3v) is 8.47. The molecule has 0 amide bonds. The molecule has 14 heteroatoms. The third kappa shape index (κ3) is 5.89. The molecule has 2 saturated heterocycles. The van der Waals surface area contributed by atoms with Crippen molar-refractivity contribution in [1.82, 2.24) is 14.3 Å². The van der Waals surface area contributed by atoms with Gasteiger partial charge in [-0.25, -0.2) is 23.1 Å². The van der Waals surface area contributed by atoms with Crippen LogP contribution in [0.1, 0.15) is 11.1 Å². The van der Waals surface area contributed by atoms with Crippen LogP contribution in [0.4, 0.5) is 14.5 Å². The van der Waals surface area contributed by atoms with Crippen LogP contribution in [-0.2, 0) is 22.3 Å². The SMILES string of the molecule is O=[N+]([O-])c1ccc(COc2c(F)cc(COP(=O)(N3CC3)N3CC3)cc2F)cc1Oc1ccc(Cl)nc1. The summed E-state index contributed by atoms with van der Waals surface area (Å²) in [4.78, 5) is 14.6. The predicted octanol–water partition coefficient (Wildman–Crippen LogP) is 5.55. The summed E-state index contributed by atoms with van der Waals surface area (Å²) in [6.45, 7) is 2.13. The second-order valence-corrected chi connectivity index (χ2v) is 11.1. The van der Waals surface area contributed by atoms with E-state index in [1.165, 1.54) is 36.5 Å². The lowest BCUT2D eigenvalue weighted by Gasteiger charge is -2.20. The van der Waals surface area contributed by atoms with Crippen molar-refractivity contribution in [2.45, 2.75) is 13.2 Å². The number of nitrogens with zero attached hydrogens (tertiary/aromatic N) is 4. The van der Waals surface area contributed by atoms with Gasteiger partial charge in [-0.05, 0) is 47.5 Å². The van der Waals surface area contributed by atoms with Crippen molar-refractivity contribution in [1.29, 1.82) is 0 Å². The zero-order valence-corrected chi connectivity index (χ0v) is 20.8. The minimum Gasteiger partial charge on any atom is -0.483 e. The van der Waals surface area contributed by atoms with Gasteiger partial charge in [0.2, 0.25) is 5.75 Å². The molecule has 2 aliphatic heterocycles. The lowest BCUT2D eigenvalue weighted by molar-refractivity contribution is -0.385. The zero-order chi connectivity index (χ0) is 26.2. The molecule has 0 radical (unpaired) electrons. The average molecular weight is 553 g/mol. The number of benzene rings is 2. The molecule has 10 nitrogen and oxygen atoms in total. The predicted molar refractivity (Wildman–Crippen MR) is 129 cm³/mol. The largest absolute Gasteiger partial charge is 0.483 e. The topological polar surface area (TPSA) is 107 Å². The first kappa shape index (κ1) is 25.5. The summed E-state index contributed by atoms with van der Waals surface area (Å²) in [5.74, 6) is -2.44. The molecule has 2 aromatic carbocycles. The fraction of sp³-hybridized carbons (Fsp3) is 0.261. The molecule has 37 heavy (non-hydrogen) atoms. The highest BCUT2D eigenvalue weighted by molar-refractivity contribution is 7.54. The molecule has 5 rings (SSSR count). The van der Waals surface area contributed by atoms with Crippen LogP contribution in [-0.4, -0.2) is 45.4 Å². The maximum absolute atomic E-state index is 14.7. The first-order valence-corrected chi connectivity index (χ1v) is 13.1. The second kappa shape index (κ2) is 10.3. The van der Waals surface area contributed by atoms with Gasteiger partial charge in [-0.2, -0.15) is 0 Å². The highest BCUT2D eigenvalue weighted by atomic mass is 35.5. The van der Waals surface area contributed by atoms with Crippen LogP contribution in [0.2, 0.25) is 5.15 Å². The molecule has 0 unspecified atom stereocenters. The number of nitro benzene ring substituents is 1. The van der Waals surface area contributed by atoms with E-state index in [-0.39, 0.29) is 41.1 Å². The summed E-state index contributed by atoms with van der Waals surface area (Å²) in [5, 5.41) is 11.6. The number of pyridine rings is 1. The van der Waals surface area contributed by atoms with Crippen molar-refractivity contribution < 1.29 is 32.3 Å². The Hall–Kier alpha value is -3.15. The highest BCUT2D eigenvalue weighted by Crippen LogP contribution is 2.61. The minimum absolute atomic E-state index is 0.106. The van der Waals surface area contributed by atoms with Gasteiger partial charge in [-0.3, -0.25) is 14.7 Å². The second-order valence-electron chi connectivity index (χ2n) is 8.33. The lowest BCUT2D eigenvalue weighted by Crippen LogP contribution is -2.08. The number of rotatable bonds is 11. The molecular formula is C23H20ClF2N4O6P. The van der Waals surface area contributed by atoms with Crippen molar-refractivity contribution in [3.05, 3.63) is 86.7 Å². The van der Waals surface area contributed by atoms with Gasteiger partial charge >= 0.3 is 13.4 Å². The summed E-state index contributed by atoms with van der Waals surface area (Å²) in [6.07, 6.45) is 1.30. The van der Waals surface area contributed by atoms with E-state index in [9.17, 15) is 23.5 Å². The number of halogens is 3. The smallest absolute Gasteiger partial charge is 0.346 e. The van der Waals surface area contributed by atoms with Crippen LogP contribution >= 0.6 is 19.3 Å². The highest BCUT2D eigenvalue weighted by Gasteiger charge is 2.49. The molecule has 0 spiro atoms. The van der Waals surface area contributed by atoms with E-state index in [2.05, 4.69) is 4.98 Å². The molecule has 3 aromatic rings. The fourth-order valence-corrected chi connectivity index (χ4v) is 5.82. The van der Waals surface area contributed by atoms with Crippen molar-refractivity contribution in [2.24, 2.45) is 0 Å². The molecule has 0 aliphatic carbocycles. The van der Waals surface area contributed by atoms with Gasteiger partial charge in [-0.15, -0.1) is 0 Å². The van der Waals surface area contributed by atoms with E-state index in [1.807, 2.05) is 0 Å². The minimum atomic E-state index is -3.13. The van der Waals surface area contributed by atoms with Crippen molar-refractivity contribution in [3.63, 3.8) is 0 Å². The van der Waals surface area contributed by atoms with Crippen LogP contribution in [0.15, 0.2) is 48.7 Å². The summed E-state index contributed by atoms with van der Waals surface area (Å²) in [5.41, 5.74) is 0.225. The van der Waals surface area contributed by atoms with E-state index in [1.54, 1.807) is 9.34 Å². The standard InChI is InChI=1S/C23H20ClF2N4O6P/c24-22-4-2-17(12-27-22)36-21-11-15(1-3-20(21)30(31)32)13-34-23-18(25)9-16(10-19(23)26)14-35-37(33,28-5-6-28)29-7-8-29/h1-4,9-12H,5-8,13-14H2.